The lowest BCUT2D eigenvalue weighted by Gasteiger charge is -2.34. The molecule has 1 aromatic heterocycles. The molecule has 0 saturated carbocycles. The molecular formula is C12H23Cl2N5O2S. The van der Waals surface area contributed by atoms with Crippen molar-refractivity contribution >= 4 is 47.4 Å². The number of hydrogen-bond donors (Lipinski definition) is 1. The third-order valence-electron chi connectivity index (χ3n) is 3.42. The Bertz CT molecular complexity index is 450. The second kappa shape index (κ2) is 10.2. The fourth-order valence-corrected chi connectivity index (χ4v) is 2.87. The standard InChI is InChI=1S/C12H21N5O2S.2ClH/c1-9-14-12(20-15-9)17-5-3-16(4-6-17)11(18)7-10(8-13)19-2;;/h10H,3-8,13H2,1-2H3;2*1H. The molecule has 0 aromatic carbocycles. The molecule has 7 nitrogen and oxygen atoms in total. The van der Waals surface area contributed by atoms with Crippen LogP contribution in [0.2, 0.25) is 0 Å². The molecule has 0 aliphatic carbocycles. The molecule has 1 saturated heterocycles. The molecule has 2 N–H and O–H groups in total. The Hall–Kier alpha value is -0.670. The van der Waals surface area contributed by atoms with Gasteiger partial charge in [0.1, 0.15) is 5.82 Å². The summed E-state index contributed by atoms with van der Waals surface area (Å²) >= 11 is 1.41. The summed E-state index contributed by atoms with van der Waals surface area (Å²) in [5.41, 5.74) is 5.54. The smallest absolute Gasteiger partial charge is 0.225 e. The number of amides is 1. The van der Waals surface area contributed by atoms with Crippen LogP contribution in [0.1, 0.15) is 12.2 Å². The van der Waals surface area contributed by atoms with Crippen molar-refractivity contribution in [1.82, 2.24) is 14.3 Å². The van der Waals surface area contributed by atoms with Crippen LogP contribution in [-0.4, -0.2) is 66.1 Å². The average Bonchev–Trinajstić information content (AvgIpc) is 2.91. The predicted molar refractivity (Wildman–Crippen MR) is 92.4 cm³/mol. The lowest BCUT2D eigenvalue weighted by atomic mass is 10.2. The summed E-state index contributed by atoms with van der Waals surface area (Å²) in [6.45, 7) is 5.25. The Labute approximate surface area is 147 Å². The van der Waals surface area contributed by atoms with Crippen LogP contribution >= 0.6 is 36.3 Å². The largest absolute Gasteiger partial charge is 0.380 e. The van der Waals surface area contributed by atoms with Gasteiger partial charge in [0.25, 0.3) is 0 Å². The highest BCUT2D eigenvalue weighted by molar-refractivity contribution is 7.09. The molecule has 1 amide bonds. The molecule has 1 fully saturated rings. The van der Waals surface area contributed by atoms with E-state index in [4.69, 9.17) is 10.5 Å². The Morgan fingerprint density at radius 2 is 2.00 bits per heavy atom. The number of anilines is 1. The quantitative estimate of drug-likeness (QED) is 0.819. The molecule has 10 heteroatoms. The van der Waals surface area contributed by atoms with Gasteiger partial charge in [0, 0.05) is 51.4 Å². The Morgan fingerprint density at radius 1 is 1.36 bits per heavy atom. The summed E-state index contributed by atoms with van der Waals surface area (Å²) in [7, 11) is 1.58. The van der Waals surface area contributed by atoms with E-state index >= 15 is 0 Å². The maximum Gasteiger partial charge on any atom is 0.225 e. The van der Waals surface area contributed by atoms with Gasteiger partial charge in [-0.3, -0.25) is 4.79 Å². The van der Waals surface area contributed by atoms with Crippen molar-refractivity contribution in [3.63, 3.8) is 0 Å². The third kappa shape index (κ3) is 5.51. The zero-order chi connectivity index (χ0) is 14.5. The summed E-state index contributed by atoms with van der Waals surface area (Å²) in [6, 6.07) is 0. The fourth-order valence-electron chi connectivity index (χ4n) is 2.15. The van der Waals surface area contributed by atoms with Crippen LogP contribution in [0.4, 0.5) is 5.13 Å². The summed E-state index contributed by atoms with van der Waals surface area (Å²) in [5, 5.41) is 0.936. The third-order valence-corrected chi connectivity index (χ3v) is 4.29. The Morgan fingerprint density at radius 3 is 2.45 bits per heavy atom. The SMILES string of the molecule is COC(CN)CC(=O)N1CCN(c2nc(C)ns2)CC1.Cl.Cl. The summed E-state index contributed by atoms with van der Waals surface area (Å²) in [5.74, 6) is 0.907. The molecule has 2 heterocycles. The van der Waals surface area contributed by atoms with Gasteiger partial charge in [-0.05, 0) is 6.92 Å². The number of piperazine rings is 1. The monoisotopic (exact) mass is 371 g/mol. The predicted octanol–water partition coefficient (Wildman–Crippen LogP) is 0.703. The molecule has 1 atom stereocenters. The van der Waals surface area contributed by atoms with Gasteiger partial charge >= 0.3 is 0 Å². The maximum atomic E-state index is 12.1. The van der Waals surface area contributed by atoms with E-state index < -0.39 is 0 Å². The number of ether oxygens (including phenoxy) is 1. The van der Waals surface area contributed by atoms with Crippen LogP contribution in [0.5, 0.6) is 0 Å². The summed E-state index contributed by atoms with van der Waals surface area (Å²) in [4.78, 5) is 20.5. The van der Waals surface area contributed by atoms with E-state index in [1.54, 1.807) is 7.11 Å². The first-order chi connectivity index (χ1) is 9.63. The van der Waals surface area contributed by atoms with Crippen molar-refractivity contribution in [2.24, 2.45) is 5.73 Å². The van der Waals surface area contributed by atoms with Crippen LogP contribution in [0.15, 0.2) is 0 Å². The average molecular weight is 372 g/mol. The van der Waals surface area contributed by atoms with E-state index in [0.717, 1.165) is 24.0 Å². The van der Waals surface area contributed by atoms with Crippen molar-refractivity contribution in [3.05, 3.63) is 5.82 Å². The minimum Gasteiger partial charge on any atom is -0.380 e. The number of aromatic nitrogens is 2. The minimum absolute atomic E-state index is 0. The van der Waals surface area contributed by atoms with Gasteiger partial charge in [0.15, 0.2) is 0 Å². The first kappa shape index (κ1) is 21.3. The van der Waals surface area contributed by atoms with Gasteiger partial charge in [-0.25, -0.2) is 4.98 Å². The number of aryl methyl sites for hydroxylation is 1. The van der Waals surface area contributed by atoms with Gasteiger partial charge in [0.05, 0.1) is 12.5 Å². The maximum absolute atomic E-state index is 12.1. The molecule has 2 rings (SSSR count). The number of rotatable bonds is 5. The van der Waals surface area contributed by atoms with Crippen LogP contribution in [0.3, 0.4) is 0 Å². The van der Waals surface area contributed by atoms with E-state index in [1.165, 1.54) is 11.5 Å². The van der Waals surface area contributed by atoms with E-state index in [0.29, 0.717) is 26.1 Å². The molecular weight excluding hydrogens is 349 g/mol. The second-order valence-corrected chi connectivity index (χ2v) is 5.52. The van der Waals surface area contributed by atoms with Gasteiger partial charge in [-0.1, -0.05) is 0 Å². The van der Waals surface area contributed by atoms with Crippen LogP contribution in [-0.2, 0) is 9.53 Å². The molecule has 128 valence electrons. The summed E-state index contributed by atoms with van der Waals surface area (Å²) < 4.78 is 9.34. The fraction of sp³-hybridized carbons (Fsp3) is 0.750. The van der Waals surface area contributed by atoms with Gasteiger partial charge in [-0.15, -0.1) is 24.8 Å². The second-order valence-electron chi connectivity index (χ2n) is 4.79. The number of carbonyl (C=O) groups excluding carboxylic acids is 1. The van der Waals surface area contributed by atoms with E-state index in [-0.39, 0.29) is 36.8 Å². The van der Waals surface area contributed by atoms with Crippen LogP contribution in [0, 0.1) is 6.92 Å². The van der Waals surface area contributed by atoms with Gasteiger partial charge in [-0.2, -0.15) is 4.37 Å². The van der Waals surface area contributed by atoms with Crippen molar-refractivity contribution in [1.29, 1.82) is 0 Å². The Balaban J connectivity index is 0.00000220. The normalized spacial score (nSPS) is 15.8. The Kier molecular flexibility index (Phi) is 9.86. The highest BCUT2D eigenvalue weighted by Gasteiger charge is 2.24. The zero-order valence-electron chi connectivity index (χ0n) is 12.7. The topological polar surface area (TPSA) is 84.6 Å². The molecule has 0 bridgehead atoms. The van der Waals surface area contributed by atoms with Crippen molar-refractivity contribution in [2.45, 2.75) is 19.4 Å². The number of hydrogen-bond acceptors (Lipinski definition) is 7. The lowest BCUT2D eigenvalue weighted by Crippen LogP contribution is -2.49. The minimum atomic E-state index is -0.189. The molecule has 1 aliphatic heterocycles. The number of carbonyl (C=O) groups is 1. The first-order valence-electron chi connectivity index (χ1n) is 6.70. The first-order valence-corrected chi connectivity index (χ1v) is 7.47. The molecule has 1 aliphatic rings. The highest BCUT2D eigenvalue weighted by atomic mass is 35.5. The van der Waals surface area contributed by atoms with Gasteiger partial charge < -0.3 is 20.3 Å². The zero-order valence-corrected chi connectivity index (χ0v) is 15.2. The molecule has 1 unspecified atom stereocenters. The number of nitrogens with two attached hydrogens (primary N) is 1. The van der Waals surface area contributed by atoms with Crippen molar-refractivity contribution in [2.75, 3.05) is 44.7 Å². The van der Waals surface area contributed by atoms with Crippen LogP contribution < -0.4 is 10.6 Å². The number of halogens is 2. The van der Waals surface area contributed by atoms with E-state index in [9.17, 15) is 4.79 Å². The lowest BCUT2D eigenvalue weighted by molar-refractivity contribution is -0.133. The number of methoxy groups -OCH3 is 1. The molecule has 22 heavy (non-hydrogen) atoms. The van der Waals surface area contributed by atoms with Crippen molar-refractivity contribution < 1.29 is 9.53 Å². The van der Waals surface area contributed by atoms with E-state index in [2.05, 4.69) is 14.3 Å². The van der Waals surface area contributed by atoms with Crippen molar-refractivity contribution in [3.8, 4) is 0 Å². The molecule has 1 aromatic rings. The highest BCUT2D eigenvalue weighted by Crippen LogP contribution is 2.19. The van der Waals surface area contributed by atoms with E-state index in [1.807, 2.05) is 11.8 Å². The molecule has 0 spiro atoms. The van der Waals surface area contributed by atoms with Crippen LogP contribution in [0.25, 0.3) is 0 Å². The van der Waals surface area contributed by atoms with Gasteiger partial charge in [0.2, 0.25) is 11.0 Å². The molecule has 0 radical (unpaired) electrons. The number of nitrogens with zero attached hydrogens (tertiary/aromatic N) is 4. The summed E-state index contributed by atoms with van der Waals surface area (Å²) in [6.07, 6.45) is 0.164.